The van der Waals surface area contributed by atoms with E-state index in [0.717, 1.165) is 53.4 Å². The molecule has 0 aromatic heterocycles. The number of methoxy groups -OCH3 is 1. The van der Waals surface area contributed by atoms with E-state index in [1.165, 1.54) is 7.11 Å². The van der Waals surface area contributed by atoms with Crippen molar-refractivity contribution in [3.63, 3.8) is 0 Å². The Labute approximate surface area is 206 Å². The molecule has 0 saturated heterocycles. The van der Waals surface area contributed by atoms with Gasteiger partial charge in [0.1, 0.15) is 16.7 Å². The molecule has 0 spiro atoms. The molecule has 1 atom stereocenters. The van der Waals surface area contributed by atoms with Crippen molar-refractivity contribution in [2.24, 2.45) is 0 Å². The van der Waals surface area contributed by atoms with Crippen molar-refractivity contribution in [1.82, 2.24) is 4.90 Å². The molecule has 1 unspecified atom stereocenters. The Bertz CT molecular complexity index is 1470. The van der Waals surface area contributed by atoms with Gasteiger partial charge in [0.05, 0.1) is 12.0 Å². The van der Waals surface area contributed by atoms with Gasteiger partial charge in [-0.3, -0.25) is 0 Å². The maximum Gasteiger partial charge on any atom is 0.210 e. The van der Waals surface area contributed by atoms with E-state index >= 15 is 0 Å². The molecule has 0 amide bonds. The lowest BCUT2D eigenvalue weighted by atomic mass is 9.96. The predicted molar refractivity (Wildman–Crippen MR) is 138 cm³/mol. The van der Waals surface area contributed by atoms with Gasteiger partial charge in [-0.05, 0) is 77.2 Å². The highest BCUT2D eigenvalue weighted by molar-refractivity contribution is 7.91. The number of ether oxygens (including phenoxy) is 1. The second-order valence-corrected chi connectivity index (χ2v) is 11.0. The van der Waals surface area contributed by atoms with Crippen molar-refractivity contribution in [2.75, 3.05) is 27.2 Å². The fourth-order valence-corrected chi connectivity index (χ4v) is 6.29. The van der Waals surface area contributed by atoms with E-state index in [0.29, 0.717) is 11.3 Å². The molecule has 0 bridgehead atoms. The van der Waals surface area contributed by atoms with Crippen LogP contribution in [0.2, 0.25) is 0 Å². The predicted octanol–water partition coefficient (Wildman–Crippen LogP) is 4.79. The topological polar surface area (TPSA) is 66.8 Å². The molecule has 1 N–H and O–H groups in total. The van der Waals surface area contributed by atoms with Crippen LogP contribution < -0.4 is 4.74 Å². The minimum absolute atomic E-state index is 0.176. The second-order valence-electron chi connectivity index (χ2n) is 9.12. The summed E-state index contributed by atoms with van der Waals surface area (Å²) in [7, 11) is -0.217. The van der Waals surface area contributed by atoms with Crippen molar-refractivity contribution in [3.8, 4) is 5.75 Å². The van der Waals surface area contributed by atoms with Gasteiger partial charge in [-0.15, -0.1) is 0 Å². The van der Waals surface area contributed by atoms with E-state index < -0.39 is 15.9 Å². The summed E-state index contributed by atoms with van der Waals surface area (Å²) in [6.45, 7) is 1.82. The van der Waals surface area contributed by atoms with E-state index in [1.54, 1.807) is 30.3 Å². The van der Waals surface area contributed by atoms with E-state index in [9.17, 15) is 13.5 Å². The minimum Gasteiger partial charge on any atom is -0.495 e. The van der Waals surface area contributed by atoms with E-state index in [1.807, 2.05) is 48.5 Å². The monoisotopic (exact) mass is 487 g/mol. The van der Waals surface area contributed by atoms with Crippen molar-refractivity contribution >= 4 is 20.6 Å². The Kier molecular flexibility index (Phi) is 6.36. The van der Waals surface area contributed by atoms with Crippen LogP contribution in [0.5, 0.6) is 5.75 Å². The van der Waals surface area contributed by atoms with Gasteiger partial charge in [0.15, 0.2) is 0 Å². The van der Waals surface area contributed by atoms with Crippen LogP contribution >= 0.6 is 0 Å². The summed E-state index contributed by atoms with van der Waals surface area (Å²) in [4.78, 5) is 2.61. The quantitative estimate of drug-likeness (QED) is 0.438. The molecule has 1 aliphatic rings. The lowest BCUT2D eigenvalue weighted by Gasteiger charge is -2.16. The molecular formula is C29H29NO4S. The SMILES string of the molecule is COc1cc2c(cc1S(=O)(=O)c1ccc(C(O)c3cccc4ccccc34)cc1)CCN(C)CC2. The molecule has 0 saturated carbocycles. The number of nitrogens with zero attached hydrogens (tertiary/aromatic N) is 1. The number of aliphatic hydroxyl groups excluding tert-OH is 1. The Morgan fingerprint density at radius 2 is 1.54 bits per heavy atom. The molecule has 0 aliphatic carbocycles. The summed E-state index contributed by atoms with van der Waals surface area (Å²) >= 11 is 0. The maximum absolute atomic E-state index is 13.6. The van der Waals surface area contributed by atoms with Gasteiger partial charge in [-0.1, -0.05) is 54.6 Å². The smallest absolute Gasteiger partial charge is 0.210 e. The van der Waals surface area contributed by atoms with Gasteiger partial charge >= 0.3 is 0 Å². The molecule has 180 valence electrons. The number of hydrogen-bond donors (Lipinski definition) is 1. The van der Waals surface area contributed by atoms with Gasteiger partial charge in [0, 0.05) is 13.1 Å². The highest BCUT2D eigenvalue weighted by Crippen LogP contribution is 2.35. The van der Waals surface area contributed by atoms with Crippen LogP contribution in [0.4, 0.5) is 0 Å². The van der Waals surface area contributed by atoms with Crippen molar-refractivity contribution in [3.05, 3.63) is 101 Å². The Morgan fingerprint density at radius 1 is 0.886 bits per heavy atom. The third-order valence-corrected chi connectivity index (χ3v) is 8.72. The second kappa shape index (κ2) is 9.46. The molecule has 35 heavy (non-hydrogen) atoms. The fraction of sp³-hybridized carbons (Fsp3) is 0.241. The lowest BCUT2D eigenvalue weighted by molar-refractivity contribution is 0.222. The third-order valence-electron chi connectivity index (χ3n) is 6.93. The Morgan fingerprint density at radius 3 is 2.26 bits per heavy atom. The van der Waals surface area contributed by atoms with Gasteiger partial charge in [-0.25, -0.2) is 8.42 Å². The summed E-state index contributed by atoms with van der Waals surface area (Å²) in [5, 5.41) is 13.1. The standard InChI is InChI=1S/C29H29NO4S/c1-30-16-14-22-18-27(34-2)28(19-23(22)15-17-30)35(32,33)24-12-10-21(11-13-24)29(31)26-9-5-7-20-6-3-4-8-25(20)26/h3-13,18-19,29,31H,14-17H2,1-2H3. The molecule has 1 heterocycles. The first kappa shape index (κ1) is 23.5. The number of benzene rings is 4. The molecule has 5 rings (SSSR count). The Balaban J connectivity index is 1.49. The summed E-state index contributed by atoms with van der Waals surface area (Å²) in [5.41, 5.74) is 3.61. The van der Waals surface area contributed by atoms with Gasteiger partial charge < -0.3 is 14.7 Å². The summed E-state index contributed by atoms with van der Waals surface area (Å²) < 4.78 is 32.8. The molecule has 5 nitrogen and oxygen atoms in total. The highest BCUT2D eigenvalue weighted by Gasteiger charge is 2.26. The zero-order chi connectivity index (χ0) is 24.6. The van der Waals surface area contributed by atoms with Gasteiger partial charge in [0.25, 0.3) is 0 Å². The van der Waals surface area contributed by atoms with Gasteiger partial charge in [-0.2, -0.15) is 0 Å². The van der Waals surface area contributed by atoms with Gasteiger partial charge in [0.2, 0.25) is 9.84 Å². The number of likely N-dealkylation sites (N-methyl/N-ethyl adjacent to an activating group) is 1. The van der Waals surface area contributed by atoms with Crippen LogP contribution in [-0.2, 0) is 22.7 Å². The van der Waals surface area contributed by atoms with Crippen molar-refractivity contribution in [1.29, 1.82) is 0 Å². The van der Waals surface area contributed by atoms with Crippen LogP contribution in [0.15, 0.2) is 88.7 Å². The van der Waals surface area contributed by atoms with Crippen LogP contribution in [0.3, 0.4) is 0 Å². The van der Waals surface area contributed by atoms with E-state index in [2.05, 4.69) is 11.9 Å². The minimum atomic E-state index is -3.80. The van der Waals surface area contributed by atoms with Crippen LogP contribution in [0, 0.1) is 0 Å². The number of rotatable bonds is 5. The lowest BCUT2D eigenvalue weighted by Crippen LogP contribution is -2.20. The number of aliphatic hydroxyl groups is 1. The summed E-state index contributed by atoms with van der Waals surface area (Å²) in [5.74, 6) is 0.369. The third kappa shape index (κ3) is 4.45. The average Bonchev–Trinajstić information content (AvgIpc) is 3.08. The molecule has 1 aliphatic heterocycles. The normalized spacial score (nSPS) is 15.4. The number of hydrogen-bond acceptors (Lipinski definition) is 5. The first-order chi connectivity index (χ1) is 16.9. The summed E-state index contributed by atoms with van der Waals surface area (Å²) in [6.07, 6.45) is 0.800. The van der Waals surface area contributed by atoms with Crippen LogP contribution in [0.25, 0.3) is 10.8 Å². The molecule has 0 fully saturated rings. The average molecular weight is 488 g/mol. The van der Waals surface area contributed by atoms with Crippen molar-refractivity contribution in [2.45, 2.75) is 28.7 Å². The largest absolute Gasteiger partial charge is 0.495 e. The fourth-order valence-electron chi connectivity index (χ4n) is 4.84. The zero-order valence-corrected chi connectivity index (χ0v) is 20.8. The maximum atomic E-state index is 13.6. The van der Waals surface area contributed by atoms with Crippen LogP contribution in [-0.4, -0.2) is 45.7 Å². The number of fused-ring (bicyclic) bond motifs is 2. The molecule has 4 aromatic rings. The molecule has 6 heteroatoms. The van der Waals surface area contributed by atoms with E-state index in [4.69, 9.17) is 4.74 Å². The Hall–Kier alpha value is -3.19. The molecule has 0 radical (unpaired) electrons. The summed E-state index contributed by atoms with van der Waals surface area (Å²) in [6, 6.07) is 23.9. The van der Waals surface area contributed by atoms with Crippen LogP contribution in [0.1, 0.15) is 28.4 Å². The highest BCUT2D eigenvalue weighted by atomic mass is 32.2. The van der Waals surface area contributed by atoms with E-state index in [-0.39, 0.29) is 9.79 Å². The molecular weight excluding hydrogens is 458 g/mol. The number of sulfone groups is 1. The zero-order valence-electron chi connectivity index (χ0n) is 19.9. The first-order valence-corrected chi connectivity index (χ1v) is 13.3. The van der Waals surface area contributed by atoms with Crippen molar-refractivity contribution < 1.29 is 18.3 Å². The molecule has 4 aromatic carbocycles. The first-order valence-electron chi connectivity index (χ1n) is 11.8.